The lowest BCUT2D eigenvalue weighted by atomic mass is 10.1. The lowest BCUT2D eigenvalue weighted by Gasteiger charge is -2.06. The fourth-order valence-corrected chi connectivity index (χ4v) is 2.26. The van der Waals surface area contributed by atoms with Gasteiger partial charge in [-0.25, -0.2) is 4.98 Å². The van der Waals surface area contributed by atoms with Crippen molar-refractivity contribution in [1.29, 1.82) is 0 Å². The molecule has 0 radical (unpaired) electrons. The first-order chi connectivity index (χ1) is 8.79. The summed E-state index contributed by atoms with van der Waals surface area (Å²) in [4.78, 5) is 4.25. The van der Waals surface area contributed by atoms with Crippen molar-refractivity contribution in [2.45, 2.75) is 7.43 Å². The summed E-state index contributed by atoms with van der Waals surface area (Å²) < 4.78 is 6.29. The number of fused-ring (bicyclic) bond motifs is 1. The van der Waals surface area contributed by atoms with Crippen LogP contribution in [0, 0.1) is 0 Å². The minimum absolute atomic E-state index is 0. The minimum atomic E-state index is 0. The molecule has 3 aromatic rings. The summed E-state index contributed by atoms with van der Waals surface area (Å²) in [6.07, 6.45) is 1.73. The van der Waals surface area contributed by atoms with Crippen molar-refractivity contribution in [3.8, 4) is 17.0 Å². The van der Waals surface area contributed by atoms with Crippen molar-refractivity contribution < 1.29 is 4.74 Å². The predicted octanol–water partition coefficient (Wildman–Crippen LogP) is 4.03. The summed E-state index contributed by atoms with van der Waals surface area (Å²) in [5.74, 6) is 0.808. The van der Waals surface area contributed by atoms with Gasteiger partial charge >= 0.3 is 0 Å². The van der Waals surface area contributed by atoms with Crippen LogP contribution in [0.25, 0.3) is 22.3 Å². The maximum absolute atomic E-state index is 5.37. The zero-order valence-electron chi connectivity index (χ0n) is 9.64. The number of H-pyrrole nitrogens is 1. The van der Waals surface area contributed by atoms with Crippen LogP contribution in [0.3, 0.4) is 0 Å². The predicted molar refractivity (Wildman–Crippen MR) is 80.3 cm³/mol. The zero-order valence-corrected chi connectivity index (χ0v) is 11.2. The molecule has 2 heterocycles. The van der Waals surface area contributed by atoms with E-state index in [0.717, 1.165) is 26.9 Å². The van der Waals surface area contributed by atoms with Crippen molar-refractivity contribution in [2.24, 2.45) is 0 Å². The number of benzene rings is 1. The van der Waals surface area contributed by atoms with Crippen LogP contribution >= 0.6 is 15.9 Å². The van der Waals surface area contributed by atoms with Gasteiger partial charge in [-0.3, -0.25) is 5.10 Å². The number of ether oxygens (including phenoxy) is 1. The van der Waals surface area contributed by atoms with Crippen LogP contribution < -0.4 is 4.74 Å². The Kier molecular flexibility index (Phi) is 3.85. The number of para-hydroxylation sites is 1. The Bertz CT molecular complexity index is 709. The molecular weight excluding hydrogens is 306 g/mol. The molecule has 0 aliphatic carbocycles. The van der Waals surface area contributed by atoms with Gasteiger partial charge in [0.2, 0.25) is 0 Å². The zero-order chi connectivity index (χ0) is 12.5. The molecule has 0 unspecified atom stereocenters. The van der Waals surface area contributed by atoms with Gasteiger partial charge in [0, 0.05) is 21.6 Å². The van der Waals surface area contributed by atoms with Crippen molar-refractivity contribution in [2.75, 3.05) is 7.11 Å². The average molecular weight is 320 g/mol. The molecule has 0 saturated heterocycles. The fourth-order valence-electron chi connectivity index (χ4n) is 1.93. The van der Waals surface area contributed by atoms with Crippen LogP contribution in [-0.2, 0) is 0 Å². The Morgan fingerprint density at radius 1 is 1.26 bits per heavy atom. The monoisotopic (exact) mass is 319 g/mol. The molecule has 0 aliphatic heterocycles. The second-order valence-corrected chi connectivity index (χ2v) is 4.74. The Hall–Kier alpha value is -1.88. The summed E-state index contributed by atoms with van der Waals surface area (Å²) in [6.45, 7) is 0. The largest absolute Gasteiger partial charge is 0.496 e. The number of rotatable bonds is 2. The maximum atomic E-state index is 5.37. The van der Waals surface area contributed by atoms with E-state index in [1.807, 2.05) is 30.3 Å². The highest BCUT2D eigenvalue weighted by molar-refractivity contribution is 9.10. The van der Waals surface area contributed by atoms with Gasteiger partial charge in [-0.1, -0.05) is 19.6 Å². The van der Waals surface area contributed by atoms with E-state index in [0.29, 0.717) is 5.65 Å². The number of methoxy groups -OCH3 is 1. The molecule has 0 spiro atoms. The summed E-state index contributed by atoms with van der Waals surface area (Å²) in [7, 11) is 1.66. The smallest absolute Gasteiger partial charge is 0.181 e. The van der Waals surface area contributed by atoms with Crippen molar-refractivity contribution in [3.63, 3.8) is 0 Å². The highest BCUT2D eigenvalue weighted by Gasteiger charge is 2.12. The summed E-state index contributed by atoms with van der Waals surface area (Å²) in [5.41, 5.74) is 2.58. The Labute approximate surface area is 120 Å². The number of halogens is 1. The molecule has 2 aromatic heterocycles. The number of pyridine rings is 1. The van der Waals surface area contributed by atoms with Gasteiger partial charge in [0.25, 0.3) is 0 Å². The van der Waals surface area contributed by atoms with E-state index < -0.39 is 0 Å². The number of hydrogen-bond acceptors (Lipinski definition) is 3. The molecule has 0 amide bonds. The molecular formula is C14H14BrN3O. The molecule has 19 heavy (non-hydrogen) atoms. The first kappa shape index (κ1) is 13.5. The Balaban J connectivity index is 0.00000133. The normalized spacial score (nSPS) is 10.2. The topological polar surface area (TPSA) is 50.8 Å². The number of nitrogens with one attached hydrogen (secondary N) is 1. The van der Waals surface area contributed by atoms with E-state index in [2.05, 4.69) is 31.1 Å². The number of aromatic nitrogens is 3. The van der Waals surface area contributed by atoms with Gasteiger partial charge in [0.1, 0.15) is 5.75 Å². The molecule has 0 fully saturated rings. The van der Waals surface area contributed by atoms with Gasteiger partial charge in [0.05, 0.1) is 12.8 Å². The Morgan fingerprint density at radius 2 is 2.05 bits per heavy atom. The van der Waals surface area contributed by atoms with E-state index in [1.54, 1.807) is 13.3 Å². The number of hydrogen-bond donors (Lipinski definition) is 1. The van der Waals surface area contributed by atoms with Crippen molar-refractivity contribution in [1.82, 2.24) is 15.2 Å². The molecule has 0 saturated carbocycles. The van der Waals surface area contributed by atoms with Gasteiger partial charge in [-0.2, -0.15) is 5.10 Å². The van der Waals surface area contributed by atoms with Gasteiger partial charge in [-0.05, 0) is 34.1 Å². The van der Waals surface area contributed by atoms with Crippen LogP contribution in [0.5, 0.6) is 5.75 Å². The van der Waals surface area contributed by atoms with Crippen LogP contribution in [0.1, 0.15) is 7.43 Å². The van der Waals surface area contributed by atoms with Gasteiger partial charge in [-0.15, -0.1) is 0 Å². The third-order valence-corrected chi connectivity index (χ3v) is 3.19. The second kappa shape index (κ2) is 5.40. The molecule has 5 heteroatoms. The first-order valence-corrected chi connectivity index (χ1v) is 6.22. The van der Waals surface area contributed by atoms with E-state index in [9.17, 15) is 0 Å². The molecule has 1 aromatic carbocycles. The number of aromatic amines is 1. The lowest BCUT2D eigenvalue weighted by molar-refractivity contribution is 0.416. The van der Waals surface area contributed by atoms with Gasteiger partial charge in [0.15, 0.2) is 5.65 Å². The SMILES string of the molecule is C.COc1ccccc1-c1[nH]nc2ncc(Br)cc12. The summed E-state index contributed by atoms with van der Waals surface area (Å²) in [6, 6.07) is 9.82. The third-order valence-electron chi connectivity index (χ3n) is 2.75. The highest BCUT2D eigenvalue weighted by atomic mass is 79.9. The molecule has 3 rings (SSSR count). The first-order valence-electron chi connectivity index (χ1n) is 5.42. The number of nitrogens with zero attached hydrogens (tertiary/aromatic N) is 2. The summed E-state index contributed by atoms with van der Waals surface area (Å²) in [5, 5.41) is 8.18. The molecule has 0 bridgehead atoms. The summed E-state index contributed by atoms with van der Waals surface area (Å²) >= 11 is 3.42. The van der Waals surface area contributed by atoms with Crippen LogP contribution in [0.4, 0.5) is 0 Å². The van der Waals surface area contributed by atoms with E-state index in [4.69, 9.17) is 4.74 Å². The second-order valence-electron chi connectivity index (χ2n) is 3.82. The molecule has 4 nitrogen and oxygen atoms in total. The molecule has 98 valence electrons. The van der Waals surface area contributed by atoms with Crippen molar-refractivity contribution in [3.05, 3.63) is 41.0 Å². The van der Waals surface area contributed by atoms with Crippen LogP contribution in [0.2, 0.25) is 0 Å². The lowest BCUT2D eigenvalue weighted by Crippen LogP contribution is -1.87. The van der Waals surface area contributed by atoms with E-state index >= 15 is 0 Å². The van der Waals surface area contributed by atoms with E-state index in [-0.39, 0.29) is 7.43 Å². The molecule has 0 atom stereocenters. The molecule has 0 aliphatic rings. The fraction of sp³-hybridized carbons (Fsp3) is 0.143. The van der Waals surface area contributed by atoms with Crippen LogP contribution in [-0.4, -0.2) is 22.3 Å². The minimum Gasteiger partial charge on any atom is -0.496 e. The van der Waals surface area contributed by atoms with Crippen molar-refractivity contribution >= 4 is 27.0 Å². The average Bonchev–Trinajstić information content (AvgIpc) is 2.81. The molecule has 1 N–H and O–H groups in total. The third kappa shape index (κ3) is 2.33. The standard InChI is InChI=1S/C13H10BrN3O.CH4/c1-18-11-5-3-2-4-9(11)12-10-6-8(14)7-15-13(10)17-16-12;/h2-7H,1H3,(H,15,16,17);1H4. The Morgan fingerprint density at radius 3 is 2.84 bits per heavy atom. The van der Waals surface area contributed by atoms with E-state index in [1.165, 1.54) is 0 Å². The highest BCUT2D eigenvalue weighted by Crippen LogP contribution is 2.33. The van der Waals surface area contributed by atoms with Crippen LogP contribution in [0.15, 0.2) is 41.0 Å². The van der Waals surface area contributed by atoms with Gasteiger partial charge < -0.3 is 4.74 Å². The quantitative estimate of drug-likeness (QED) is 0.775. The maximum Gasteiger partial charge on any atom is 0.181 e.